The monoisotopic (exact) mass is 375 g/mol. The second kappa shape index (κ2) is 7.08. The number of benzene rings is 1. The molecule has 1 aromatic carbocycles. The number of rotatable bonds is 4. The summed E-state index contributed by atoms with van der Waals surface area (Å²) in [6, 6.07) is 8.49. The highest BCUT2D eigenvalue weighted by Gasteiger charge is 2.32. The van der Waals surface area contributed by atoms with E-state index in [1.54, 1.807) is 24.3 Å². The molecular formula is C16H13N3O4S2. The Balaban J connectivity index is 2.18. The molecular weight excluding hydrogens is 362 g/mol. The highest BCUT2D eigenvalue weighted by molar-refractivity contribution is 8.23. The molecule has 128 valence electrons. The van der Waals surface area contributed by atoms with Gasteiger partial charge in [0, 0.05) is 17.7 Å². The van der Waals surface area contributed by atoms with Crippen molar-refractivity contribution < 1.29 is 14.1 Å². The quantitative estimate of drug-likeness (QED) is 0.481. The highest BCUT2D eigenvalue weighted by atomic mass is 32.2. The summed E-state index contributed by atoms with van der Waals surface area (Å²) >= 11 is 6.81. The number of thiocarbonyl (C=S) groups is 1. The van der Waals surface area contributed by atoms with Gasteiger partial charge in [-0.2, -0.15) is 0 Å². The summed E-state index contributed by atoms with van der Waals surface area (Å²) < 4.78 is 5.97. The fourth-order valence-corrected chi connectivity index (χ4v) is 3.24. The van der Waals surface area contributed by atoms with Crippen molar-refractivity contribution in [2.75, 3.05) is 6.26 Å². The Morgan fingerprint density at radius 2 is 2.16 bits per heavy atom. The molecule has 2 heterocycles. The molecule has 0 fully saturated rings. The van der Waals surface area contributed by atoms with Gasteiger partial charge in [0.1, 0.15) is 0 Å². The van der Waals surface area contributed by atoms with Crippen LogP contribution in [0.1, 0.15) is 17.4 Å². The number of amides is 2. The zero-order valence-electron chi connectivity index (χ0n) is 13.0. The van der Waals surface area contributed by atoms with Gasteiger partial charge in [-0.15, -0.1) is 11.8 Å². The largest absolute Gasteiger partial charge is 0.463 e. The zero-order chi connectivity index (χ0) is 18.0. The van der Waals surface area contributed by atoms with E-state index in [1.165, 1.54) is 30.2 Å². The minimum atomic E-state index is -0.617. The van der Waals surface area contributed by atoms with E-state index in [0.29, 0.717) is 26.8 Å². The lowest BCUT2D eigenvalue weighted by molar-refractivity contribution is -0.384. The maximum atomic E-state index is 12.1. The minimum Gasteiger partial charge on any atom is -0.463 e. The van der Waals surface area contributed by atoms with Crippen LogP contribution >= 0.6 is 24.0 Å². The molecule has 1 aliphatic rings. The molecule has 1 unspecified atom stereocenters. The number of hydrogen-bond acceptors (Lipinski definition) is 6. The van der Waals surface area contributed by atoms with E-state index >= 15 is 0 Å². The fourth-order valence-electron chi connectivity index (χ4n) is 2.58. The van der Waals surface area contributed by atoms with Crippen molar-refractivity contribution >= 4 is 45.6 Å². The number of non-ortho nitro benzene ring substituents is 1. The third kappa shape index (κ3) is 3.42. The third-order valence-corrected chi connectivity index (χ3v) is 4.97. The van der Waals surface area contributed by atoms with E-state index in [4.69, 9.17) is 16.6 Å². The van der Waals surface area contributed by atoms with Crippen LogP contribution in [0, 0.1) is 10.1 Å². The Hall–Kier alpha value is -2.65. The average molecular weight is 375 g/mol. The number of nitrogens with zero attached hydrogens (tertiary/aromatic N) is 1. The maximum Gasteiger partial charge on any atom is 0.320 e. The van der Waals surface area contributed by atoms with Crippen molar-refractivity contribution in [3.8, 4) is 0 Å². The number of carbonyl (C=O) groups is 1. The van der Waals surface area contributed by atoms with E-state index in [2.05, 4.69) is 10.6 Å². The minimum absolute atomic E-state index is 0.0562. The number of thioether (sulfide) groups is 1. The van der Waals surface area contributed by atoms with Crippen molar-refractivity contribution in [2.45, 2.75) is 6.04 Å². The molecule has 9 heteroatoms. The number of hydrogen-bond donors (Lipinski definition) is 2. The molecule has 2 aromatic rings. The fraction of sp³-hybridized carbons (Fsp3) is 0.125. The Labute approximate surface area is 152 Å². The molecule has 0 saturated carbocycles. The van der Waals surface area contributed by atoms with E-state index in [-0.39, 0.29) is 5.69 Å². The van der Waals surface area contributed by atoms with E-state index in [0.717, 1.165) is 0 Å². The van der Waals surface area contributed by atoms with Gasteiger partial charge >= 0.3 is 6.03 Å². The lowest BCUT2D eigenvalue weighted by Crippen LogP contribution is -2.44. The Kier molecular flexibility index (Phi) is 4.86. The molecule has 7 nitrogen and oxygen atoms in total. The van der Waals surface area contributed by atoms with Gasteiger partial charge in [-0.3, -0.25) is 10.1 Å². The van der Waals surface area contributed by atoms with Crippen molar-refractivity contribution in [2.24, 2.45) is 0 Å². The molecule has 0 bridgehead atoms. The van der Waals surface area contributed by atoms with Crippen LogP contribution in [0.3, 0.4) is 0 Å². The molecule has 0 spiro atoms. The topological polar surface area (TPSA) is 97.4 Å². The second-order valence-electron chi connectivity index (χ2n) is 5.14. The normalized spacial score (nSPS) is 17.0. The van der Waals surface area contributed by atoms with Gasteiger partial charge in [0.2, 0.25) is 0 Å². The van der Waals surface area contributed by atoms with Crippen molar-refractivity contribution in [1.82, 2.24) is 10.6 Å². The summed E-state index contributed by atoms with van der Waals surface area (Å²) in [5.41, 5.74) is 1.61. The van der Waals surface area contributed by atoms with Crippen molar-refractivity contribution in [3.63, 3.8) is 0 Å². The van der Waals surface area contributed by atoms with Crippen LogP contribution in [0.5, 0.6) is 0 Å². The van der Waals surface area contributed by atoms with Gasteiger partial charge in [-0.25, -0.2) is 4.79 Å². The highest BCUT2D eigenvalue weighted by Crippen LogP contribution is 2.35. The Morgan fingerprint density at radius 3 is 2.80 bits per heavy atom. The summed E-state index contributed by atoms with van der Waals surface area (Å²) in [4.78, 5) is 22.7. The number of nitro benzene ring substituents is 1. The van der Waals surface area contributed by atoms with Crippen LogP contribution in [0.2, 0.25) is 0 Å². The summed E-state index contributed by atoms with van der Waals surface area (Å²) in [5.74, 6) is 0.469. The summed E-state index contributed by atoms with van der Waals surface area (Å²) in [7, 11) is 0. The SMILES string of the molecule is CSC(=S)C1=C(c2ccco2)NC(=O)NC1c1cccc([N+](=O)[O-])c1. The van der Waals surface area contributed by atoms with Crippen molar-refractivity contribution in [3.05, 3.63) is 69.7 Å². The summed E-state index contributed by atoms with van der Waals surface area (Å²) in [6.45, 7) is 0. The van der Waals surface area contributed by atoms with Crippen LogP contribution in [0.15, 0.2) is 52.7 Å². The molecule has 1 aromatic heterocycles. The van der Waals surface area contributed by atoms with Crippen LogP contribution in [-0.4, -0.2) is 21.4 Å². The molecule has 0 saturated heterocycles. The first-order chi connectivity index (χ1) is 12.0. The zero-order valence-corrected chi connectivity index (χ0v) is 14.6. The van der Waals surface area contributed by atoms with Crippen LogP contribution < -0.4 is 10.6 Å². The van der Waals surface area contributed by atoms with Crippen LogP contribution in [0.25, 0.3) is 5.70 Å². The molecule has 0 aliphatic carbocycles. The number of nitrogens with one attached hydrogen (secondary N) is 2. The van der Waals surface area contributed by atoms with E-state index < -0.39 is 17.0 Å². The third-order valence-electron chi connectivity index (χ3n) is 3.66. The smallest absolute Gasteiger partial charge is 0.320 e. The molecule has 0 radical (unpaired) electrons. The predicted molar refractivity (Wildman–Crippen MR) is 99.2 cm³/mol. The molecule has 25 heavy (non-hydrogen) atoms. The molecule has 2 N–H and O–H groups in total. The lowest BCUT2D eigenvalue weighted by Gasteiger charge is -2.29. The predicted octanol–water partition coefficient (Wildman–Crippen LogP) is 3.64. The van der Waals surface area contributed by atoms with Crippen molar-refractivity contribution in [1.29, 1.82) is 0 Å². The van der Waals surface area contributed by atoms with Gasteiger partial charge in [0.05, 0.1) is 27.1 Å². The Bertz CT molecular complexity index is 877. The Morgan fingerprint density at radius 1 is 1.36 bits per heavy atom. The standard InChI is InChI=1S/C16H13N3O4S2/c1-25-15(24)12-13(9-4-2-5-10(8-9)19(21)22)17-16(20)18-14(12)11-6-3-7-23-11/h2-8,13H,1H3,(H2,17,18,20). The number of furan rings is 1. The molecule has 3 rings (SSSR count). The lowest BCUT2D eigenvalue weighted by atomic mass is 9.95. The summed E-state index contributed by atoms with van der Waals surface area (Å²) in [6.07, 6.45) is 3.33. The van der Waals surface area contributed by atoms with E-state index in [1.807, 2.05) is 6.26 Å². The first-order valence-electron chi connectivity index (χ1n) is 7.19. The van der Waals surface area contributed by atoms with Crippen LogP contribution in [-0.2, 0) is 0 Å². The number of nitro groups is 1. The van der Waals surface area contributed by atoms with Gasteiger partial charge in [0.15, 0.2) is 5.76 Å². The van der Waals surface area contributed by atoms with Crippen LogP contribution in [0.4, 0.5) is 10.5 Å². The van der Waals surface area contributed by atoms with Gasteiger partial charge < -0.3 is 15.1 Å². The first kappa shape index (κ1) is 17.2. The maximum absolute atomic E-state index is 12.1. The second-order valence-corrected chi connectivity index (χ2v) is 6.62. The van der Waals surface area contributed by atoms with Gasteiger partial charge in [-0.1, -0.05) is 24.4 Å². The summed E-state index contributed by atoms with van der Waals surface area (Å²) in [5, 5.41) is 16.6. The number of urea groups is 1. The molecule has 1 atom stereocenters. The van der Waals surface area contributed by atoms with Gasteiger partial charge in [0.25, 0.3) is 5.69 Å². The molecule has 2 amide bonds. The number of carbonyl (C=O) groups excluding carboxylic acids is 1. The molecule has 1 aliphatic heterocycles. The first-order valence-corrected chi connectivity index (χ1v) is 8.82. The average Bonchev–Trinajstić information content (AvgIpc) is 3.15. The van der Waals surface area contributed by atoms with E-state index in [9.17, 15) is 14.9 Å². The van der Waals surface area contributed by atoms with Gasteiger partial charge in [-0.05, 0) is 24.0 Å².